The lowest BCUT2D eigenvalue weighted by Crippen LogP contribution is -2.32. The highest BCUT2D eigenvalue weighted by atomic mass is 16.2. The SMILES string of the molecule is O=C(CCN1C(=O)c2ccccc2C1=O)Nc1ccc(CN2CCCCC2)cc1. The largest absolute Gasteiger partial charge is 0.326 e. The number of carbonyl (C=O) groups is 3. The quantitative estimate of drug-likeness (QED) is 0.767. The Labute approximate surface area is 170 Å². The number of rotatable bonds is 6. The number of piperidine rings is 1. The van der Waals surface area contributed by atoms with E-state index in [-0.39, 0.29) is 30.7 Å². The molecule has 0 bridgehead atoms. The standard InChI is InChI=1S/C23H25N3O3/c27-21(12-15-26-22(28)19-6-2-3-7-20(19)23(26)29)24-18-10-8-17(9-11-18)16-25-13-4-1-5-14-25/h2-3,6-11H,1,4-5,12-16H2,(H,24,27). The Bertz CT molecular complexity index is 882. The third-order valence-electron chi connectivity index (χ3n) is 5.53. The highest BCUT2D eigenvalue weighted by molar-refractivity contribution is 6.21. The Morgan fingerprint density at radius 3 is 2.10 bits per heavy atom. The van der Waals surface area contributed by atoms with Gasteiger partial charge in [0.2, 0.25) is 5.91 Å². The van der Waals surface area contributed by atoms with Crippen molar-refractivity contribution >= 4 is 23.4 Å². The number of carbonyl (C=O) groups excluding carboxylic acids is 3. The van der Waals surface area contributed by atoms with Gasteiger partial charge in [-0.25, -0.2) is 0 Å². The van der Waals surface area contributed by atoms with E-state index >= 15 is 0 Å². The molecular formula is C23H25N3O3. The zero-order valence-electron chi connectivity index (χ0n) is 16.4. The molecule has 0 saturated carbocycles. The summed E-state index contributed by atoms with van der Waals surface area (Å²) in [5.74, 6) is -0.883. The second-order valence-corrected chi connectivity index (χ2v) is 7.64. The molecule has 0 atom stereocenters. The van der Waals surface area contributed by atoms with E-state index in [9.17, 15) is 14.4 Å². The van der Waals surface area contributed by atoms with Gasteiger partial charge in [-0.1, -0.05) is 30.7 Å². The van der Waals surface area contributed by atoms with Gasteiger partial charge in [0, 0.05) is 25.2 Å². The molecule has 6 nitrogen and oxygen atoms in total. The summed E-state index contributed by atoms with van der Waals surface area (Å²) < 4.78 is 0. The van der Waals surface area contributed by atoms with E-state index < -0.39 is 0 Å². The Kier molecular flexibility index (Phi) is 5.71. The van der Waals surface area contributed by atoms with E-state index in [0.29, 0.717) is 11.1 Å². The molecule has 0 aliphatic carbocycles. The monoisotopic (exact) mass is 391 g/mol. The first-order valence-corrected chi connectivity index (χ1v) is 10.2. The zero-order valence-corrected chi connectivity index (χ0v) is 16.4. The van der Waals surface area contributed by atoms with Gasteiger partial charge < -0.3 is 5.32 Å². The maximum absolute atomic E-state index is 12.3. The molecule has 1 fully saturated rings. The van der Waals surface area contributed by atoms with E-state index in [2.05, 4.69) is 10.2 Å². The number of nitrogens with one attached hydrogen (secondary N) is 1. The first-order valence-electron chi connectivity index (χ1n) is 10.2. The van der Waals surface area contributed by atoms with Crippen molar-refractivity contribution in [2.75, 3.05) is 25.0 Å². The summed E-state index contributed by atoms with van der Waals surface area (Å²) in [4.78, 5) is 40.6. The molecule has 2 aliphatic rings. The lowest BCUT2D eigenvalue weighted by atomic mass is 10.1. The molecule has 0 aromatic heterocycles. The molecule has 0 spiro atoms. The molecule has 2 aromatic rings. The number of anilines is 1. The van der Waals surface area contributed by atoms with Crippen LogP contribution < -0.4 is 5.32 Å². The van der Waals surface area contributed by atoms with Crippen LogP contribution in [0.1, 0.15) is 52.0 Å². The number of nitrogens with zero attached hydrogens (tertiary/aromatic N) is 2. The van der Waals surface area contributed by atoms with E-state index in [1.165, 1.54) is 24.8 Å². The molecule has 3 amide bonds. The van der Waals surface area contributed by atoms with Crippen LogP contribution in [0.5, 0.6) is 0 Å². The lowest BCUT2D eigenvalue weighted by Gasteiger charge is -2.26. The van der Waals surface area contributed by atoms with Crippen molar-refractivity contribution in [1.82, 2.24) is 9.80 Å². The summed E-state index contributed by atoms with van der Waals surface area (Å²) in [6.45, 7) is 3.31. The van der Waals surface area contributed by atoms with E-state index in [1.807, 2.05) is 24.3 Å². The topological polar surface area (TPSA) is 69.7 Å². The van der Waals surface area contributed by atoms with Crippen molar-refractivity contribution in [3.05, 3.63) is 65.2 Å². The van der Waals surface area contributed by atoms with E-state index in [0.717, 1.165) is 30.2 Å². The summed E-state index contributed by atoms with van der Waals surface area (Å²) in [5.41, 5.74) is 2.76. The van der Waals surface area contributed by atoms with Crippen molar-refractivity contribution in [2.24, 2.45) is 0 Å². The van der Waals surface area contributed by atoms with Crippen LogP contribution >= 0.6 is 0 Å². The molecule has 150 valence electrons. The van der Waals surface area contributed by atoms with Crippen molar-refractivity contribution in [1.29, 1.82) is 0 Å². The Balaban J connectivity index is 1.28. The number of hydrogen-bond donors (Lipinski definition) is 1. The van der Waals surface area contributed by atoms with Crippen molar-refractivity contribution in [3.8, 4) is 0 Å². The third kappa shape index (κ3) is 4.38. The van der Waals surface area contributed by atoms with Crippen LogP contribution in [0, 0.1) is 0 Å². The second-order valence-electron chi connectivity index (χ2n) is 7.64. The molecular weight excluding hydrogens is 366 g/mol. The average Bonchev–Trinajstić information content (AvgIpc) is 2.99. The number of hydrogen-bond acceptors (Lipinski definition) is 4. The van der Waals surface area contributed by atoms with Crippen molar-refractivity contribution in [3.63, 3.8) is 0 Å². The number of likely N-dealkylation sites (tertiary alicyclic amines) is 1. The minimum atomic E-state index is -0.333. The fraction of sp³-hybridized carbons (Fsp3) is 0.348. The summed E-state index contributed by atoms with van der Waals surface area (Å²) in [5, 5.41) is 2.85. The van der Waals surface area contributed by atoms with Gasteiger partial charge in [0.15, 0.2) is 0 Å². The number of benzene rings is 2. The van der Waals surface area contributed by atoms with Crippen LogP contribution in [0.25, 0.3) is 0 Å². The van der Waals surface area contributed by atoms with Crippen LogP contribution in [0.15, 0.2) is 48.5 Å². The Morgan fingerprint density at radius 1 is 0.862 bits per heavy atom. The molecule has 2 aromatic carbocycles. The second kappa shape index (κ2) is 8.57. The average molecular weight is 391 g/mol. The summed E-state index contributed by atoms with van der Waals surface area (Å²) >= 11 is 0. The normalized spacial score (nSPS) is 16.8. The highest BCUT2D eigenvalue weighted by Crippen LogP contribution is 2.22. The number of imide groups is 1. The van der Waals surface area contributed by atoms with Crippen LogP contribution in [-0.4, -0.2) is 47.2 Å². The fourth-order valence-electron chi connectivity index (χ4n) is 3.95. The maximum atomic E-state index is 12.3. The molecule has 29 heavy (non-hydrogen) atoms. The molecule has 0 radical (unpaired) electrons. The predicted molar refractivity (Wildman–Crippen MR) is 111 cm³/mol. The Hall–Kier alpha value is -2.99. The molecule has 4 rings (SSSR count). The minimum Gasteiger partial charge on any atom is -0.326 e. The zero-order chi connectivity index (χ0) is 20.2. The van der Waals surface area contributed by atoms with Crippen molar-refractivity contribution in [2.45, 2.75) is 32.2 Å². The predicted octanol–water partition coefficient (Wildman–Crippen LogP) is 3.30. The van der Waals surface area contributed by atoms with E-state index in [4.69, 9.17) is 0 Å². The summed E-state index contributed by atoms with van der Waals surface area (Å²) in [6.07, 6.45) is 3.92. The van der Waals surface area contributed by atoms with Gasteiger partial charge in [-0.15, -0.1) is 0 Å². The molecule has 0 unspecified atom stereocenters. The van der Waals surface area contributed by atoms with Crippen molar-refractivity contribution < 1.29 is 14.4 Å². The van der Waals surface area contributed by atoms with Gasteiger partial charge >= 0.3 is 0 Å². The molecule has 2 heterocycles. The van der Waals surface area contributed by atoms with Gasteiger partial charge in [0.1, 0.15) is 0 Å². The van der Waals surface area contributed by atoms with Crippen LogP contribution in [0.3, 0.4) is 0 Å². The van der Waals surface area contributed by atoms with Crippen LogP contribution in [0.4, 0.5) is 5.69 Å². The first kappa shape index (κ1) is 19.3. The summed E-state index contributed by atoms with van der Waals surface area (Å²) in [6, 6.07) is 14.6. The fourth-order valence-corrected chi connectivity index (χ4v) is 3.95. The molecule has 1 N–H and O–H groups in total. The molecule has 6 heteroatoms. The Morgan fingerprint density at radius 2 is 1.48 bits per heavy atom. The first-order chi connectivity index (χ1) is 14.1. The minimum absolute atomic E-state index is 0.0704. The van der Waals surface area contributed by atoms with Crippen LogP contribution in [-0.2, 0) is 11.3 Å². The van der Waals surface area contributed by atoms with Gasteiger partial charge in [0.25, 0.3) is 11.8 Å². The van der Waals surface area contributed by atoms with Gasteiger partial charge in [0.05, 0.1) is 11.1 Å². The van der Waals surface area contributed by atoms with E-state index in [1.54, 1.807) is 24.3 Å². The lowest BCUT2D eigenvalue weighted by molar-refractivity contribution is -0.116. The maximum Gasteiger partial charge on any atom is 0.261 e. The third-order valence-corrected chi connectivity index (χ3v) is 5.53. The summed E-state index contributed by atoms with van der Waals surface area (Å²) in [7, 11) is 0. The smallest absolute Gasteiger partial charge is 0.261 e. The molecule has 2 aliphatic heterocycles. The number of amides is 3. The number of fused-ring (bicyclic) bond motifs is 1. The van der Waals surface area contributed by atoms with Gasteiger partial charge in [-0.2, -0.15) is 0 Å². The molecule has 1 saturated heterocycles. The highest BCUT2D eigenvalue weighted by Gasteiger charge is 2.34. The van der Waals surface area contributed by atoms with Gasteiger partial charge in [-0.05, 0) is 55.8 Å². The van der Waals surface area contributed by atoms with Gasteiger partial charge in [-0.3, -0.25) is 24.2 Å². The van der Waals surface area contributed by atoms with Crippen LogP contribution in [0.2, 0.25) is 0 Å².